The van der Waals surface area contributed by atoms with E-state index in [-0.39, 0.29) is 18.4 Å². The third kappa shape index (κ3) is 1.14. The second-order valence-electron chi connectivity index (χ2n) is 3.60. The van der Waals surface area contributed by atoms with Gasteiger partial charge in [-0.25, -0.2) is 0 Å². The Balaban J connectivity index is 2.23. The molecule has 0 amide bonds. The monoisotopic (exact) mass is 204 g/mol. The zero-order valence-electron chi connectivity index (χ0n) is 7.91. The Kier molecular flexibility index (Phi) is 1.59. The highest BCUT2D eigenvalue weighted by Crippen LogP contribution is 2.37. The minimum absolute atomic E-state index is 0.00269. The topological polar surface area (TPSA) is 52.6 Å². The van der Waals surface area contributed by atoms with Crippen LogP contribution in [0.25, 0.3) is 0 Å². The van der Waals surface area contributed by atoms with E-state index in [1.165, 1.54) is 0 Å². The summed E-state index contributed by atoms with van der Waals surface area (Å²) in [6.45, 7) is 0.153. The Morgan fingerprint density at radius 3 is 1.80 bits per heavy atom. The van der Waals surface area contributed by atoms with Crippen molar-refractivity contribution in [3.63, 3.8) is 0 Å². The molecule has 0 fully saturated rings. The van der Waals surface area contributed by atoms with Crippen molar-refractivity contribution in [2.75, 3.05) is 6.79 Å². The van der Waals surface area contributed by atoms with Crippen LogP contribution < -0.4 is 9.47 Å². The van der Waals surface area contributed by atoms with Crippen molar-refractivity contribution < 1.29 is 19.1 Å². The predicted molar refractivity (Wildman–Crippen MR) is 50.5 cm³/mol. The SMILES string of the molecule is O=C1CCC(=O)c2cc3c(cc21)OCO3. The third-order valence-electron chi connectivity index (χ3n) is 2.69. The van der Waals surface area contributed by atoms with E-state index in [0.717, 1.165) is 0 Å². The molecule has 1 aliphatic carbocycles. The second kappa shape index (κ2) is 2.82. The molecule has 1 aromatic carbocycles. The number of rotatable bonds is 0. The van der Waals surface area contributed by atoms with Gasteiger partial charge < -0.3 is 9.47 Å². The molecule has 1 aliphatic heterocycles. The van der Waals surface area contributed by atoms with Crippen LogP contribution in [0.1, 0.15) is 33.6 Å². The highest BCUT2D eigenvalue weighted by atomic mass is 16.7. The summed E-state index contributed by atoms with van der Waals surface area (Å²) in [5.41, 5.74) is 0.936. The van der Waals surface area contributed by atoms with Crippen LogP contribution in [0.15, 0.2) is 12.1 Å². The van der Waals surface area contributed by atoms with Crippen molar-refractivity contribution in [1.82, 2.24) is 0 Å². The summed E-state index contributed by atoms with van der Waals surface area (Å²) in [5.74, 6) is 1.11. The molecule has 0 spiro atoms. The van der Waals surface area contributed by atoms with Gasteiger partial charge in [0.2, 0.25) is 6.79 Å². The summed E-state index contributed by atoms with van der Waals surface area (Å²) in [7, 11) is 0. The second-order valence-corrected chi connectivity index (χ2v) is 3.60. The van der Waals surface area contributed by atoms with Crippen LogP contribution >= 0.6 is 0 Å². The molecule has 4 heteroatoms. The van der Waals surface area contributed by atoms with Crippen LogP contribution in [0.5, 0.6) is 11.5 Å². The largest absolute Gasteiger partial charge is 0.454 e. The van der Waals surface area contributed by atoms with Gasteiger partial charge in [-0.05, 0) is 12.1 Å². The fourth-order valence-electron chi connectivity index (χ4n) is 1.90. The molecule has 0 saturated carbocycles. The Morgan fingerprint density at radius 2 is 1.33 bits per heavy atom. The van der Waals surface area contributed by atoms with Crippen molar-refractivity contribution in [3.05, 3.63) is 23.3 Å². The van der Waals surface area contributed by atoms with Crippen LogP contribution in [0, 0.1) is 0 Å². The number of hydrogen-bond acceptors (Lipinski definition) is 4. The number of carbonyl (C=O) groups is 2. The van der Waals surface area contributed by atoms with Gasteiger partial charge in [-0.3, -0.25) is 9.59 Å². The Bertz CT molecular complexity index is 433. The van der Waals surface area contributed by atoms with Gasteiger partial charge in [0.1, 0.15) is 0 Å². The fraction of sp³-hybridized carbons (Fsp3) is 0.273. The van der Waals surface area contributed by atoms with Gasteiger partial charge in [-0.2, -0.15) is 0 Å². The van der Waals surface area contributed by atoms with Crippen molar-refractivity contribution >= 4 is 11.6 Å². The van der Waals surface area contributed by atoms with Gasteiger partial charge in [0, 0.05) is 24.0 Å². The molecular formula is C11H8O4. The molecule has 0 atom stereocenters. The van der Waals surface area contributed by atoms with Gasteiger partial charge >= 0.3 is 0 Å². The highest BCUT2D eigenvalue weighted by Gasteiger charge is 2.27. The van der Waals surface area contributed by atoms with Crippen LogP contribution in [0.2, 0.25) is 0 Å². The molecule has 3 rings (SSSR count). The summed E-state index contributed by atoms with van der Waals surface area (Å²) in [6.07, 6.45) is 0.594. The van der Waals surface area contributed by atoms with Gasteiger partial charge in [-0.15, -0.1) is 0 Å². The molecule has 15 heavy (non-hydrogen) atoms. The normalized spacial score (nSPS) is 17.9. The minimum Gasteiger partial charge on any atom is -0.454 e. The van der Waals surface area contributed by atoms with E-state index in [1.54, 1.807) is 12.1 Å². The smallest absolute Gasteiger partial charge is 0.231 e. The van der Waals surface area contributed by atoms with Crippen molar-refractivity contribution in [2.24, 2.45) is 0 Å². The summed E-state index contributed by atoms with van der Waals surface area (Å²) in [4.78, 5) is 23.2. The first kappa shape index (κ1) is 8.47. The number of fused-ring (bicyclic) bond motifs is 2. The average molecular weight is 204 g/mol. The summed E-state index contributed by atoms with van der Waals surface area (Å²) in [6, 6.07) is 3.22. The summed E-state index contributed by atoms with van der Waals surface area (Å²) < 4.78 is 10.3. The first-order valence-electron chi connectivity index (χ1n) is 4.76. The summed E-state index contributed by atoms with van der Waals surface area (Å²) >= 11 is 0. The van der Waals surface area contributed by atoms with Crippen molar-refractivity contribution in [1.29, 1.82) is 0 Å². The van der Waals surface area contributed by atoms with Gasteiger partial charge in [-0.1, -0.05) is 0 Å². The first-order chi connectivity index (χ1) is 7.25. The molecule has 0 radical (unpaired) electrons. The zero-order chi connectivity index (χ0) is 10.4. The van der Waals surface area contributed by atoms with E-state index in [9.17, 15) is 9.59 Å². The number of hydrogen-bond donors (Lipinski definition) is 0. The lowest BCUT2D eigenvalue weighted by Crippen LogP contribution is -2.16. The quantitative estimate of drug-likeness (QED) is 0.643. The molecule has 0 aromatic heterocycles. The average Bonchev–Trinajstić information content (AvgIpc) is 2.69. The molecule has 1 heterocycles. The van der Waals surface area contributed by atoms with E-state index < -0.39 is 0 Å². The minimum atomic E-state index is 0.00269. The maximum atomic E-state index is 11.6. The summed E-state index contributed by atoms with van der Waals surface area (Å²) in [5, 5.41) is 0. The molecule has 0 bridgehead atoms. The third-order valence-corrected chi connectivity index (χ3v) is 2.69. The molecule has 4 nitrogen and oxygen atoms in total. The van der Waals surface area contributed by atoms with Crippen LogP contribution in [-0.2, 0) is 0 Å². The Labute approximate surface area is 85.8 Å². The lowest BCUT2D eigenvalue weighted by Gasteiger charge is -2.13. The molecule has 1 aromatic rings. The van der Waals surface area contributed by atoms with Crippen molar-refractivity contribution in [3.8, 4) is 11.5 Å². The van der Waals surface area contributed by atoms with Crippen LogP contribution in [-0.4, -0.2) is 18.4 Å². The standard InChI is InChI=1S/C11H8O4/c12-8-1-2-9(13)7-4-11-10(3-6(7)8)14-5-15-11/h3-4H,1-2,5H2. The molecule has 76 valence electrons. The van der Waals surface area contributed by atoms with Crippen LogP contribution in [0.4, 0.5) is 0 Å². The molecule has 0 saturated heterocycles. The van der Waals surface area contributed by atoms with Gasteiger partial charge in [0.25, 0.3) is 0 Å². The maximum Gasteiger partial charge on any atom is 0.231 e. The van der Waals surface area contributed by atoms with E-state index >= 15 is 0 Å². The number of ketones is 2. The fourth-order valence-corrected chi connectivity index (χ4v) is 1.90. The predicted octanol–water partition coefficient (Wildman–Crippen LogP) is 1.57. The Morgan fingerprint density at radius 1 is 0.867 bits per heavy atom. The van der Waals surface area contributed by atoms with E-state index in [2.05, 4.69) is 0 Å². The number of carbonyl (C=O) groups excluding carboxylic acids is 2. The zero-order valence-corrected chi connectivity index (χ0v) is 7.91. The Hall–Kier alpha value is -1.84. The van der Waals surface area contributed by atoms with Crippen molar-refractivity contribution in [2.45, 2.75) is 12.8 Å². The highest BCUT2D eigenvalue weighted by molar-refractivity contribution is 6.14. The number of benzene rings is 1. The van der Waals surface area contributed by atoms with E-state index in [0.29, 0.717) is 35.5 Å². The lowest BCUT2D eigenvalue weighted by molar-refractivity contribution is 0.0890. The molecule has 0 unspecified atom stereocenters. The number of Topliss-reactive ketones (excluding diaryl/α,β-unsaturated/α-hetero) is 2. The molecule has 0 N–H and O–H groups in total. The van der Waals surface area contributed by atoms with Gasteiger partial charge in [0.05, 0.1) is 0 Å². The maximum absolute atomic E-state index is 11.6. The first-order valence-corrected chi connectivity index (χ1v) is 4.76. The molecular weight excluding hydrogens is 196 g/mol. The molecule has 2 aliphatic rings. The van der Waals surface area contributed by atoms with Gasteiger partial charge in [0.15, 0.2) is 23.1 Å². The lowest BCUT2D eigenvalue weighted by atomic mass is 9.89. The van der Waals surface area contributed by atoms with Crippen LogP contribution in [0.3, 0.4) is 0 Å². The number of ether oxygens (including phenoxy) is 2. The van der Waals surface area contributed by atoms with E-state index in [1.807, 2.05) is 0 Å². The van der Waals surface area contributed by atoms with E-state index in [4.69, 9.17) is 9.47 Å².